The van der Waals surface area contributed by atoms with E-state index >= 15 is 0 Å². The molecule has 1 saturated heterocycles. The highest BCUT2D eigenvalue weighted by Crippen LogP contribution is 2.25. The minimum atomic E-state index is 0.222. The van der Waals surface area contributed by atoms with E-state index in [1.165, 1.54) is 18.4 Å². The summed E-state index contributed by atoms with van der Waals surface area (Å²) in [7, 11) is 0. The van der Waals surface area contributed by atoms with Gasteiger partial charge in [0.1, 0.15) is 0 Å². The number of piperidine rings is 1. The van der Waals surface area contributed by atoms with E-state index < -0.39 is 0 Å². The zero-order chi connectivity index (χ0) is 13.9. The van der Waals surface area contributed by atoms with Crippen LogP contribution in [0.5, 0.6) is 0 Å². The third kappa shape index (κ3) is 2.75. The minimum absolute atomic E-state index is 0.222. The van der Waals surface area contributed by atoms with Gasteiger partial charge in [-0.3, -0.25) is 0 Å². The van der Waals surface area contributed by atoms with Crippen molar-refractivity contribution in [3.05, 3.63) is 35.7 Å². The highest BCUT2D eigenvalue weighted by Gasteiger charge is 2.21. The SMILES string of the molecule is CC(C)c1ccc(-c2noc([C@H]3CCCCN3)n2)cc1. The van der Waals surface area contributed by atoms with E-state index in [1.807, 2.05) is 0 Å². The van der Waals surface area contributed by atoms with Crippen LogP contribution in [0.3, 0.4) is 0 Å². The van der Waals surface area contributed by atoms with Crippen LogP contribution in [0.25, 0.3) is 11.4 Å². The van der Waals surface area contributed by atoms with Gasteiger partial charge >= 0.3 is 0 Å². The molecule has 106 valence electrons. The lowest BCUT2D eigenvalue weighted by Crippen LogP contribution is -2.26. The molecular formula is C16H21N3O. The Kier molecular flexibility index (Phi) is 3.83. The third-order valence-electron chi connectivity index (χ3n) is 3.89. The van der Waals surface area contributed by atoms with E-state index in [9.17, 15) is 0 Å². The first-order chi connectivity index (χ1) is 9.74. The maximum Gasteiger partial charge on any atom is 0.244 e. The van der Waals surface area contributed by atoms with Crippen molar-refractivity contribution in [2.24, 2.45) is 0 Å². The van der Waals surface area contributed by atoms with Gasteiger partial charge in [0.2, 0.25) is 11.7 Å². The maximum atomic E-state index is 5.41. The molecule has 1 N–H and O–H groups in total. The summed E-state index contributed by atoms with van der Waals surface area (Å²) in [5.41, 5.74) is 2.34. The van der Waals surface area contributed by atoms with Crippen LogP contribution in [0.1, 0.15) is 56.5 Å². The summed E-state index contributed by atoms with van der Waals surface area (Å²) >= 11 is 0. The van der Waals surface area contributed by atoms with Crippen LogP contribution < -0.4 is 5.32 Å². The van der Waals surface area contributed by atoms with Crippen molar-refractivity contribution < 1.29 is 4.52 Å². The standard InChI is InChI=1S/C16H21N3O/c1-11(2)12-6-8-13(9-7-12)15-18-16(20-19-15)14-5-3-4-10-17-14/h6-9,11,14,17H,3-5,10H2,1-2H3/t14-/m1/s1. The Morgan fingerprint density at radius 2 is 2.00 bits per heavy atom. The third-order valence-corrected chi connectivity index (χ3v) is 3.89. The summed E-state index contributed by atoms with van der Waals surface area (Å²) in [6.45, 7) is 5.41. The number of benzene rings is 1. The van der Waals surface area contributed by atoms with Crippen LogP contribution in [0.15, 0.2) is 28.8 Å². The van der Waals surface area contributed by atoms with Crippen LogP contribution in [-0.2, 0) is 0 Å². The zero-order valence-corrected chi connectivity index (χ0v) is 12.1. The number of hydrogen-bond acceptors (Lipinski definition) is 4. The summed E-state index contributed by atoms with van der Waals surface area (Å²) in [5.74, 6) is 1.94. The largest absolute Gasteiger partial charge is 0.337 e. The molecule has 2 aromatic rings. The molecule has 0 aliphatic carbocycles. The van der Waals surface area contributed by atoms with Crippen LogP contribution in [0.2, 0.25) is 0 Å². The van der Waals surface area contributed by atoms with Crippen LogP contribution in [0.4, 0.5) is 0 Å². The van der Waals surface area contributed by atoms with Gasteiger partial charge in [0.15, 0.2) is 0 Å². The van der Waals surface area contributed by atoms with Crippen LogP contribution in [-0.4, -0.2) is 16.7 Å². The summed E-state index contributed by atoms with van der Waals surface area (Å²) < 4.78 is 5.41. The lowest BCUT2D eigenvalue weighted by Gasteiger charge is -2.19. The Labute approximate surface area is 119 Å². The molecule has 20 heavy (non-hydrogen) atoms. The van der Waals surface area contributed by atoms with E-state index in [4.69, 9.17) is 4.52 Å². The Bertz CT molecular complexity index is 553. The number of rotatable bonds is 3. The predicted molar refractivity (Wildman–Crippen MR) is 78.4 cm³/mol. The van der Waals surface area contributed by atoms with Gasteiger partial charge in [-0.25, -0.2) is 0 Å². The number of nitrogens with one attached hydrogen (secondary N) is 1. The van der Waals surface area contributed by atoms with Crippen LogP contribution in [0, 0.1) is 0 Å². The molecule has 1 atom stereocenters. The van der Waals surface area contributed by atoms with Crippen molar-refractivity contribution >= 4 is 0 Å². The van der Waals surface area contributed by atoms with Crippen LogP contribution >= 0.6 is 0 Å². The Balaban J connectivity index is 1.78. The highest BCUT2D eigenvalue weighted by atomic mass is 16.5. The number of aromatic nitrogens is 2. The summed E-state index contributed by atoms with van der Waals surface area (Å²) in [5, 5.41) is 7.54. The molecule has 1 aromatic heterocycles. The average Bonchev–Trinajstić information content (AvgIpc) is 2.98. The molecule has 0 saturated carbocycles. The van der Waals surface area contributed by atoms with E-state index in [0.717, 1.165) is 18.5 Å². The van der Waals surface area contributed by atoms with Gasteiger partial charge in [-0.15, -0.1) is 0 Å². The molecule has 0 radical (unpaired) electrons. The first-order valence-electron chi connectivity index (χ1n) is 7.41. The fourth-order valence-corrected chi connectivity index (χ4v) is 2.57. The normalized spacial score (nSPS) is 19.4. The maximum absolute atomic E-state index is 5.41. The molecular weight excluding hydrogens is 250 g/mol. The van der Waals surface area contributed by atoms with Crippen molar-refractivity contribution in [2.45, 2.75) is 45.1 Å². The summed E-state index contributed by atoms with van der Waals surface area (Å²) in [4.78, 5) is 4.54. The second-order valence-electron chi connectivity index (χ2n) is 5.74. The summed E-state index contributed by atoms with van der Waals surface area (Å²) in [6, 6.07) is 8.63. The Hall–Kier alpha value is -1.68. The fraction of sp³-hybridized carbons (Fsp3) is 0.500. The van der Waals surface area contributed by atoms with Crippen molar-refractivity contribution in [3.63, 3.8) is 0 Å². The first kappa shape index (κ1) is 13.3. The smallest absolute Gasteiger partial charge is 0.244 e. The molecule has 0 spiro atoms. The molecule has 1 aromatic carbocycles. The van der Waals surface area contributed by atoms with Gasteiger partial charge in [-0.2, -0.15) is 4.98 Å². The molecule has 0 amide bonds. The van der Waals surface area contributed by atoms with Crippen molar-refractivity contribution in [1.82, 2.24) is 15.5 Å². The number of hydrogen-bond donors (Lipinski definition) is 1. The molecule has 2 heterocycles. The number of nitrogens with zero attached hydrogens (tertiary/aromatic N) is 2. The second kappa shape index (κ2) is 5.75. The highest BCUT2D eigenvalue weighted by molar-refractivity contribution is 5.54. The molecule has 4 heteroatoms. The zero-order valence-electron chi connectivity index (χ0n) is 12.1. The van der Waals surface area contributed by atoms with Gasteiger partial charge < -0.3 is 9.84 Å². The molecule has 1 fully saturated rings. The molecule has 0 bridgehead atoms. The minimum Gasteiger partial charge on any atom is -0.337 e. The lowest BCUT2D eigenvalue weighted by molar-refractivity contribution is 0.297. The monoisotopic (exact) mass is 271 g/mol. The van der Waals surface area contributed by atoms with E-state index in [-0.39, 0.29) is 6.04 Å². The van der Waals surface area contributed by atoms with Crippen molar-refractivity contribution in [1.29, 1.82) is 0 Å². The Morgan fingerprint density at radius 1 is 1.20 bits per heavy atom. The summed E-state index contributed by atoms with van der Waals surface area (Å²) in [6.07, 6.45) is 3.53. The molecule has 1 aliphatic heterocycles. The fourth-order valence-electron chi connectivity index (χ4n) is 2.57. The lowest BCUT2D eigenvalue weighted by atomic mass is 10.0. The average molecular weight is 271 g/mol. The molecule has 4 nitrogen and oxygen atoms in total. The molecule has 3 rings (SSSR count). The quantitative estimate of drug-likeness (QED) is 0.925. The van der Waals surface area contributed by atoms with E-state index in [1.54, 1.807) is 0 Å². The van der Waals surface area contributed by atoms with Crippen molar-refractivity contribution in [2.75, 3.05) is 6.54 Å². The van der Waals surface area contributed by atoms with Gasteiger partial charge in [-0.1, -0.05) is 49.7 Å². The topological polar surface area (TPSA) is 51.0 Å². The van der Waals surface area contributed by atoms with Crippen molar-refractivity contribution in [3.8, 4) is 11.4 Å². The van der Waals surface area contributed by atoms with E-state index in [2.05, 4.69) is 53.6 Å². The Morgan fingerprint density at radius 3 is 2.65 bits per heavy atom. The van der Waals surface area contributed by atoms with Gasteiger partial charge in [-0.05, 0) is 30.9 Å². The van der Waals surface area contributed by atoms with E-state index in [0.29, 0.717) is 17.6 Å². The van der Waals surface area contributed by atoms with Gasteiger partial charge in [0.05, 0.1) is 6.04 Å². The first-order valence-corrected chi connectivity index (χ1v) is 7.41. The molecule has 1 aliphatic rings. The molecule has 0 unspecified atom stereocenters. The predicted octanol–water partition coefficient (Wildman–Crippen LogP) is 3.67. The second-order valence-corrected chi connectivity index (χ2v) is 5.74. The van der Waals surface area contributed by atoms with Gasteiger partial charge in [0, 0.05) is 5.56 Å². The van der Waals surface area contributed by atoms with Gasteiger partial charge in [0.25, 0.3) is 0 Å².